The number of esters is 1. The average Bonchev–Trinajstić information content (AvgIpc) is 2.69. The van der Waals surface area contributed by atoms with Crippen LogP contribution in [0.4, 0.5) is 11.8 Å². The predicted octanol–water partition coefficient (Wildman–Crippen LogP) is 3.77. The van der Waals surface area contributed by atoms with E-state index in [-0.39, 0.29) is 30.0 Å². The quantitative estimate of drug-likeness (QED) is 0.571. The second-order valence-electron chi connectivity index (χ2n) is 7.12. The Morgan fingerprint density at radius 2 is 1.80 bits per heavy atom. The van der Waals surface area contributed by atoms with E-state index in [2.05, 4.69) is 32.4 Å². The van der Waals surface area contributed by atoms with Crippen molar-refractivity contribution in [3.63, 3.8) is 0 Å². The first kappa shape index (κ1) is 21.6. The first-order chi connectivity index (χ1) is 14.4. The van der Waals surface area contributed by atoms with Crippen molar-refractivity contribution in [3.8, 4) is 11.8 Å². The van der Waals surface area contributed by atoms with Gasteiger partial charge in [-0.3, -0.25) is 14.9 Å². The lowest BCUT2D eigenvalue weighted by Gasteiger charge is -2.29. The van der Waals surface area contributed by atoms with Crippen LogP contribution >= 0.6 is 11.6 Å². The maximum absolute atomic E-state index is 11.4. The van der Waals surface area contributed by atoms with Crippen LogP contribution in [0.25, 0.3) is 0 Å². The number of carbonyl (C=O) groups is 2. The van der Waals surface area contributed by atoms with Crippen LogP contribution in [-0.2, 0) is 14.3 Å². The number of nitrogens with one attached hydrogen (secondary N) is 2. The van der Waals surface area contributed by atoms with Crippen LogP contribution in [0.1, 0.15) is 50.7 Å². The van der Waals surface area contributed by atoms with Crippen molar-refractivity contribution in [1.82, 2.24) is 9.97 Å². The molecule has 1 aliphatic rings. The molecule has 0 spiro atoms. The van der Waals surface area contributed by atoms with E-state index in [1.54, 1.807) is 18.3 Å². The van der Waals surface area contributed by atoms with E-state index in [9.17, 15) is 9.59 Å². The molecule has 1 heterocycles. The van der Waals surface area contributed by atoms with Crippen LogP contribution in [0.2, 0.25) is 5.02 Å². The van der Waals surface area contributed by atoms with E-state index in [4.69, 9.17) is 16.3 Å². The lowest BCUT2D eigenvalue weighted by molar-refractivity contribution is -0.147. The van der Waals surface area contributed by atoms with Gasteiger partial charge in [0.15, 0.2) is 0 Å². The number of ether oxygens (including phenoxy) is 1. The molecule has 0 saturated heterocycles. The fraction of sp³-hybridized carbons (Fsp3) is 0.364. The highest BCUT2D eigenvalue weighted by atomic mass is 35.5. The van der Waals surface area contributed by atoms with Gasteiger partial charge in [-0.05, 0) is 49.9 Å². The number of carbonyl (C=O) groups excluding carboxylic acids is 2. The fourth-order valence-electron chi connectivity index (χ4n) is 3.23. The highest BCUT2D eigenvalue weighted by molar-refractivity contribution is 6.30. The number of benzene rings is 1. The van der Waals surface area contributed by atoms with Gasteiger partial charge in [-0.1, -0.05) is 23.4 Å². The summed E-state index contributed by atoms with van der Waals surface area (Å²) >= 11 is 5.92. The molecule has 1 aromatic heterocycles. The van der Waals surface area contributed by atoms with Gasteiger partial charge in [-0.25, -0.2) is 4.98 Å². The molecule has 156 valence electrons. The van der Waals surface area contributed by atoms with Crippen molar-refractivity contribution in [2.75, 3.05) is 10.6 Å². The van der Waals surface area contributed by atoms with Gasteiger partial charge in [-0.15, -0.1) is 0 Å². The van der Waals surface area contributed by atoms with Crippen LogP contribution in [-0.4, -0.2) is 34.0 Å². The van der Waals surface area contributed by atoms with E-state index in [1.165, 1.54) is 13.8 Å². The van der Waals surface area contributed by atoms with Crippen LogP contribution in [0.5, 0.6) is 0 Å². The summed E-state index contributed by atoms with van der Waals surface area (Å²) in [6, 6.07) is 7.40. The summed E-state index contributed by atoms with van der Waals surface area (Å²) in [5.41, 5.74) is 1.44. The van der Waals surface area contributed by atoms with E-state index < -0.39 is 0 Å². The molecule has 0 aliphatic heterocycles. The fourth-order valence-corrected chi connectivity index (χ4v) is 3.35. The summed E-state index contributed by atoms with van der Waals surface area (Å²) in [5.74, 6) is 6.46. The molecule has 0 bridgehead atoms. The van der Waals surface area contributed by atoms with Gasteiger partial charge >= 0.3 is 5.97 Å². The third-order valence-corrected chi connectivity index (χ3v) is 4.86. The molecule has 1 amide bonds. The number of anilines is 2. The van der Waals surface area contributed by atoms with E-state index in [1.807, 2.05) is 12.1 Å². The lowest BCUT2D eigenvalue weighted by Crippen LogP contribution is -2.31. The second kappa shape index (κ2) is 10.1. The third kappa shape index (κ3) is 6.46. The highest BCUT2D eigenvalue weighted by Gasteiger charge is 2.24. The minimum Gasteiger partial charge on any atom is -0.463 e. The maximum atomic E-state index is 11.4. The summed E-state index contributed by atoms with van der Waals surface area (Å²) in [6.07, 6.45) is 4.79. The Balaban J connectivity index is 1.77. The van der Waals surface area contributed by atoms with Crippen molar-refractivity contribution in [2.45, 2.75) is 51.7 Å². The normalized spacial score (nSPS) is 18.0. The second-order valence-corrected chi connectivity index (χ2v) is 7.56. The van der Waals surface area contributed by atoms with Crippen molar-refractivity contribution in [3.05, 3.63) is 46.6 Å². The lowest BCUT2D eigenvalue weighted by atomic mass is 9.93. The number of hydrogen-bond donors (Lipinski definition) is 2. The smallest absolute Gasteiger partial charge is 0.302 e. The predicted molar refractivity (Wildman–Crippen MR) is 115 cm³/mol. The van der Waals surface area contributed by atoms with Gasteiger partial charge in [0, 0.05) is 30.5 Å². The zero-order valence-corrected chi connectivity index (χ0v) is 17.6. The molecule has 1 fully saturated rings. The first-order valence-electron chi connectivity index (χ1n) is 9.75. The molecule has 2 N–H and O–H groups in total. The molecule has 0 radical (unpaired) electrons. The number of hydrogen-bond acceptors (Lipinski definition) is 6. The van der Waals surface area contributed by atoms with Crippen molar-refractivity contribution in [1.29, 1.82) is 0 Å². The average molecular weight is 427 g/mol. The molecular weight excluding hydrogens is 404 g/mol. The molecule has 8 heteroatoms. The number of aromatic nitrogens is 2. The van der Waals surface area contributed by atoms with Gasteiger partial charge in [0.25, 0.3) is 0 Å². The van der Waals surface area contributed by atoms with Gasteiger partial charge in [-0.2, -0.15) is 4.98 Å². The van der Waals surface area contributed by atoms with Crippen molar-refractivity contribution < 1.29 is 14.3 Å². The van der Waals surface area contributed by atoms with Gasteiger partial charge in [0.05, 0.1) is 11.8 Å². The maximum Gasteiger partial charge on any atom is 0.302 e. The minimum absolute atomic E-state index is 0.0370. The number of rotatable bonds is 4. The molecule has 0 unspecified atom stereocenters. The number of amides is 1. The molecule has 1 saturated carbocycles. The molecular formula is C22H23ClN4O3. The molecule has 1 aromatic carbocycles. The minimum atomic E-state index is -0.248. The van der Waals surface area contributed by atoms with Gasteiger partial charge in [0.2, 0.25) is 11.9 Å². The monoisotopic (exact) mass is 426 g/mol. The van der Waals surface area contributed by atoms with Crippen LogP contribution in [0.15, 0.2) is 30.5 Å². The molecule has 2 aromatic rings. The molecule has 3 rings (SSSR count). The van der Waals surface area contributed by atoms with Crippen LogP contribution in [0.3, 0.4) is 0 Å². The van der Waals surface area contributed by atoms with Gasteiger partial charge < -0.3 is 10.1 Å². The van der Waals surface area contributed by atoms with E-state index >= 15 is 0 Å². The Kier molecular flexibility index (Phi) is 7.26. The summed E-state index contributed by atoms with van der Waals surface area (Å²) in [6.45, 7) is 2.83. The van der Waals surface area contributed by atoms with Crippen LogP contribution in [0, 0.1) is 11.8 Å². The van der Waals surface area contributed by atoms with Crippen molar-refractivity contribution >= 4 is 35.2 Å². The standard InChI is InChI=1S/C22H23ClN4O3/c1-14(28)25-22-24-13-17(6-3-16-4-7-18(23)8-5-16)21(27-22)26-19-9-11-20(12-10-19)30-15(2)29/h4-5,7-8,13,19-20H,9-12H2,1-2H3,(H2,24,25,26,27,28). The third-order valence-electron chi connectivity index (χ3n) is 4.61. The zero-order valence-electron chi connectivity index (χ0n) is 16.9. The number of halogens is 1. The molecule has 30 heavy (non-hydrogen) atoms. The molecule has 1 aliphatic carbocycles. The Bertz CT molecular complexity index is 974. The Morgan fingerprint density at radius 1 is 1.10 bits per heavy atom. The topological polar surface area (TPSA) is 93.2 Å². The summed E-state index contributed by atoms with van der Waals surface area (Å²) < 4.78 is 5.30. The zero-order chi connectivity index (χ0) is 21.5. The molecule has 7 nitrogen and oxygen atoms in total. The van der Waals surface area contributed by atoms with E-state index in [0.29, 0.717) is 16.4 Å². The summed E-state index contributed by atoms with van der Waals surface area (Å²) in [4.78, 5) is 31.1. The Morgan fingerprint density at radius 3 is 2.43 bits per heavy atom. The van der Waals surface area contributed by atoms with E-state index in [0.717, 1.165) is 31.2 Å². The number of nitrogens with zero attached hydrogens (tertiary/aromatic N) is 2. The Hall–Kier alpha value is -3.11. The summed E-state index contributed by atoms with van der Waals surface area (Å²) in [5, 5.41) is 6.66. The highest BCUT2D eigenvalue weighted by Crippen LogP contribution is 2.25. The van der Waals surface area contributed by atoms with Crippen molar-refractivity contribution in [2.24, 2.45) is 0 Å². The van der Waals surface area contributed by atoms with Gasteiger partial charge in [0.1, 0.15) is 11.9 Å². The van der Waals surface area contributed by atoms with Crippen LogP contribution < -0.4 is 10.6 Å². The molecule has 0 atom stereocenters. The first-order valence-corrected chi connectivity index (χ1v) is 10.1. The summed E-state index contributed by atoms with van der Waals surface area (Å²) in [7, 11) is 0. The largest absolute Gasteiger partial charge is 0.463 e. The Labute approximate surface area is 180 Å². The SMILES string of the molecule is CC(=O)Nc1ncc(C#Cc2ccc(Cl)cc2)c(NC2CCC(OC(C)=O)CC2)n1.